The Morgan fingerprint density at radius 1 is 0.575 bits per heavy atom. The number of carboxylic acid groups (broad SMARTS) is 4. The molecule has 4 bridgehead atoms. The molecular weight excluding hydrogens is 532 g/mol. The van der Waals surface area contributed by atoms with Crippen LogP contribution in [-0.4, -0.2) is 118 Å². The van der Waals surface area contributed by atoms with E-state index in [0.717, 1.165) is 25.7 Å². The van der Waals surface area contributed by atoms with Crippen molar-refractivity contribution in [1.29, 1.82) is 0 Å². The third-order valence-electron chi connectivity index (χ3n) is 8.04. The molecule has 4 heterocycles. The Morgan fingerprint density at radius 3 is 1.05 bits per heavy atom. The minimum absolute atomic E-state index is 0.0414. The highest BCUT2D eigenvalue weighted by atomic mass is 16.5. The first-order chi connectivity index (χ1) is 18.8. The van der Waals surface area contributed by atoms with Crippen molar-refractivity contribution >= 4 is 35.8 Å². The van der Waals surface area contributed by atoms with Crippen LogP contribution in [0.4, 0.5) is 0 Å². The Hall–Kier alpha value is -3.52. The Morgan fingerprint density at radius 2 is 0.825 bits per heavy atom. The predicted molar refractivity (Wildman–Crippen MR) is 136 cm³/mol. The Balaban J connectivity index is 0.000000393. The van der Waals surface area contributed by atoms with E-state index < -0.39 is 23.9 Å². The molecule has 4 saturated heterocycles. The number of ether oxygens (including phenoxy) is 2. The number of hydrogen-bond donors (Lipinski definition) is 4. The van der Waals surface area contributed by atoms with Gasteiger partial charge >= 0.3 is 35.8 Å². The molecule has 4 aliphatic rings. The van der Waals surface area contributed by atoms with E-state index in [4.69, 9.17) is 49.1 Å². The maximum Gasteiger partial charge on any atom is 0.414 e. The summed E-state index contributed by atoms with van der Waals surface area (Å²) in [5.74, 6) is -7.36. The number of hydrogen-bond acceptors (Lipinski definition) is 10. The number of carbonyl (C=O) groups excluding carboxylic acids is 2. The molecule has 0 radical (unpaired) electrons. The third-order valence-corrected chi connectivity index (χ3v) is 8.04. The van der Waals surface area contributed by atoms with Gasteiger partial charge in [0.25, 0.3) is 0 Å². The van der Waals surface area contributed by atoms with Gasteiger partial charge in [-0.2, -0.15) is 0 Å². The van der Waals surface area contributed by atoms with Gasteiger partial charge in [0, 0.05) is 24.2 Å². The smallest absolute Gasteiger partial charge is 0.414 e. The van der Waals surface area contributed by atoms with Gasteiger partial charge in [0.2, 0.25) is 0 Å². The largest absolute Gasteiger partial charge is 0.473 e. The van der Waals surface area contributed by atoms with Gasteiger partial charge in [-0.05, 0) is 77.6 Å². The fraction of sp³-hybridized carbons (Fsp3) is 0.692. The number of carboxylic acids is 4. The Kier molecular flexibility index (Phi) is 12.5. The number of esters is 2. The van der Waals surface area contributed by atoms with E-state index in [1.54, 1.807) is 12.2 Å². The molecule has 0 amide bonds. The topological polar surface area (TPSA) is 208 Å². The first-order valence-corrected chi connectivity index (χ1v) is 13.2. The lowest BCUT2D eigenvalue weighted by Gasteiger charge is -2.35. The summed E-state index contributed by atoms with van der Waals surface area (Å²) in [5.41, 5.74) is 0. The van der Waals surface area contributed by atoms with Gasteiger partial charge in [-0.1, -0.05) is 0 Å². The first-order valence-electron chi connectivity index (χ1n) is 13.2. The molecule has 0 aromatic rings. The molecule has 0 aliphatic carbocycles. The molecule has 4 rings (SSSR count). The van der Waals surface area contributed by atoms with Gasteiger partial charge in [-0.25, -0.2) is 19.2 Å². The summed E-state index contributed by atoms with van der Waals surface area (Å²) in [5, 5.41) is 29.6. The lowest BCUT2D eigenvalue weighted by Crippen LogP contribution is -2.42. The van der Waals surface area contributed by atoms with Crippen LogP contribution in [0.25, 0.3) is 0 Å². The van der Waals surface area contributed by atoms with Crippen LogP contribution in [0.2, 0.25) is 0 Å². The average Bonchev–Trinajstić information content (AvgIpc) is 3.22. The van der Waals surface area contributed by atoms with Crippen LogP contribution in [-0.2, 0) is 38.2 Å². The summed E-state index contributed by atoms with van der Waals surface area (Å²) in [6.45, 7) is 0.521. The molecule has 14 heteroatoms. The number of fused-ring (bicyclic) bond motifs is 4. The van der Waals surface area contributed by atoms with Gasteiger partial charge in [0.1, 0.15) is 13.2 Å². The number of aliphatic carboxylic acids is 4. The second-order valence-electron chi connectivity index (χ2n) is 10.4. The van der Waals surface area contributed by atoms with Crippen LogP contribution in [0.15, 0.2) is 12.2 Å². The fourth-order valence-electron chi connectivity index (χ4n) is 5.84. The zero-order valence-electron chi connectivity index (χ0n) is 22.6. The second-order valence-corrected chi connectivity index (χ2v) is 10.4. The van der Waals surface area contributed by atoms with E-state index in [9.17, 15) is 9.59 Å². The maximum absolute atomic E-state index is 12.3. The van der Waals surface area contributed by atoms with Crippen molar-refractivity contribution in [3.05, 3.63) is 12.2 Å². The van der Waals surface area contributed by atoms with Crippen molar-refractivity contribution < 1.29 is 58.7 Å². The highest BCUT2D eigenvalue weighted by Gasteiger charge is 2.42. The molecule has 0 spiro atoms. The van der Waals surface area contributed by atoms with Crippen molar-refractivity contribution in [2.45, 2.75) is 75.5 Å². The van der Waals surface area contributed by atoms with Crippen LogP contribution < -0.4 is 0 Å². The van der Waals surface area contributed by atoms with Crippen LogP contribution >= 0.6 is 0 Å². The van der Waals surface area contributed by atoms with Crippen molar-refractivity contribution in [2.75, 3.05) is 27.3 Å². The Labute approximate surface area is 231 Å². The molecule has 40 heavy (non-hydrogen) atoms. The van der Waals surface area contributed by atoms with Crippen LogP contribution in [0.3, 0.4) is 0 Å². The monoisotopic (exact) mass is 570 g/mol. The summed E-state index contributed by atoms with van der Waals surface area (Å²) in [7, 11) is 4.34. The van der Waals surface area contributed by atoms with Crippen LogP contribution in [0.5, 0.6) is 0 Å². The standard InChI is InChI=1S/C22H34N2O4.2C2H2O4/c1-23-17-5-6-18(23)12-15(11-17)21(25)27-9-3-4-10-28-22(26)16-13-19-7-8-20(14-16)24(19)2;2*3-1(4)2(5)6/h3-4,15-20H,5-14H2,1-2H3;2*(H,3,4)(H,5,6)/b4-3+;;/t15?,16?,17-,18+,19-,20+;;. The third kappa shape index (κ3) is 9.59. The number of nitrogens with zero attached hydrogens (tertiary/aromatic N) is 2. The highest BCUT2D eigenvalue weighted by Crippen LogP contribution is 2.38. The fourth-order valence-corrected chi connectivity index (χ4v) is 5.84. The molecule has 0 aromatic heterocycles. The van der Waals surface area contributed by atoms with Crippen molar-refractivity contribution in [1.82, 2.24) is 9.80 Å². The summed E-state index contributed by atoms with van der Waals surface area (Å²) in [6, 6.07) is 2.17. The van der Waals surface area contributed by atoms with Gasteiger partial charge < -0.3 is 39.7 Å². The van der Waals surface area contributed by atoms with Gasteiger partial charge in [-0.15, -0.1) is 0 Å². The molecule has 4 N–H and O–H groups in total. The number of rotatable bonds is 6. The molecule has 4 aliphatic heterocycles. The summed E-state index contributed by atoms with van der Waals surface area (Å²) in [6.07, 6.45) is 12.1. The molecule has 0 saturated carbocycles. The molecule has 4 fully saturated rings. The molecule has 14 nitrogen and oxygen atoms in total. The minimum atomic E-state index is -1.82. The maximum atomic E-state index is 12.3. The lowest BCUT2D eigenvalue weighted by molar-refractivity contribution is -0.159. The summed E-state index contributed by atoms with van der Waals surface area (Å²) >= 11 is 0. The van der Waals surface area contributed by atoms with E-state index in [0.29, 0.717) is 24.2 Å². The van der Waals surface area contributed by atoms with Crippen LogP contribution in [0.1, 0.15) is 51.4 Å². The molecule has 224 valence electrons. The molecular formula is C26H38N2O12. The quantitative estimate of drug-likeness (QED) is 0.197. The normalized spacial score (nSPS) is 28.9. The average molecular weight is 571 g/mol. The Bertz CT molecular complexity index is 855. The first kappa shape index (κ1) is 32.7. The molecule has 2 unspecified atom stereocenters. The van der Waals surface area contributed by atoms with E-state index in [1.165, 1.54) is 25.7 Å². The lowest BCUT2D eigenvalue weighted by atomic mass is 9.91. The van der Waals surface area contributed by atoms with Gasteiger partial charge in [-0.3, -0.25) is 9.59 Å². The minimum Gasteiger partial charge on any atom is -0.473 e. The zero-order valence-corrected chi connectivity index (χ0v) is 22.6. The van der Waals surface area contributed by atoms with E-state index in [-0.39, 0.29) is 37.0 Å². The van der Waals surface area contributed by atoms with E-state index in [2.05, 4.69) is 23.9 Å². The summed E-state index contributed by atoms with van der Waals surface area (Å²) in [4.78, 5) is 65.8. The molecule has 6 atom stereocenters. The van der Waals surface area contributed by atoms with Crippen molar-refractivity contribution in [3.8, 4) is 0 Å². The predicted octanol–water partition coefficient (Wildman–Crippen LogP) is 0.686. The van der Waals surface area contributed by atoms with E-state index in [1.807, 2.05) is 0 Å². The van der Waals surface area contributed by atoms with E-state index >= 15 is 0 Å². The number of piperidine rings is 2. The van der Waals surface area contributed by atoms with Crippen molar-refractivity contribution in [2.24, 2.45) is 11.8 Å². The summed E-state index contributed by atoms with van der Waals surface area (Å²) < 4.78 is 10.8. The zero-order chi connectivity index (χ0) is 30.0. The van der Waals surface area contributed by atoms with Gasteiger partial charge in [0.15, 0.2) is 0 Å². The highest BCUT2D eigenvalue weighted by molar-refractivity contribution is 6.27. The number of carbonyl (C=O) groups is 6. The van der Waals surface area contributed by atoms with Gasteiger partial charge in [0.05, 0.1) is 11.8 Å². The van der Waals surface area contributed by atoms with Crippen LogP contribution in [0, 0.1) is 11.8 Å². The van der Waals surface area contributed by atoms with Crippen molar-refractivity contribution in [3.63, 3.8) is 0 Å². The molecule has 0 aromatic carbocycles. The second kappa shape index (κ2) is 15.3. The SMILES string of the molecule is CN1[C@@H]2CC[C@H]1CC(C(=O)OC/C=C/COC(=O)C1C[C@H]3CC[C@@H](C1)N3C)C2.O=C(O)C(=O)O.O=C(O)C(=O)O.